The van der Waals surface area contributed by atoms with Gasteiger partial charge in [-0.3, -0.25) is 0 Å². The number of aliphatic hydroxyl groups excluding tert-OH is 1. The maximum atomic E-state index is 13.8. The van der Waals surface area contributed by atoms with Crippen LogP contribution in [0.25, 0.3) is 0 Å². The van der Waals surface area contributed by atoms with Crippen LogP contribution in [-0.2, 0) is 0 Å². The first kappa shape index (κ1) is 15.6. The molecule has 1 aliphatic rings. The van der Waals surface area contributed by atoms with Crippen LogP contribution in [-0.4, -0.2) is 27.7 Å². The van der Waals surface area contributed by atoms with Gasteiger partial charge in [0.2, 0.25) is 5.95 Å². The van der Waals surface area contributed by atoms with Gasteiger partial charge >= 0.3 is 0 Å². The lowest BCUT2D eigenvalue weighted by molar-refractivity contribution is 0.281. The average molecular weight is 320 g/mol. The van der Waals surface area contributed by atoms with Gasteiger partial charge in [-0.15, -0.1) is 0 Å². The first-order chi connectivity index (χ1) is 11.0. The third-order valence-corrected chi connectivity index (χ3v) is 3.58. The normalized spacial score (nSPS) is 15.3. The Morgan fingerprint density at radius 1 is 1.26 bits per heavy atom. The zero-order valence-corrected chi connectivity index (χ0v) is 12.7. The molecule has 1 saturated carbocycles. The van der Waals surface area contributed by atoms with E-state index in [-0.39, 0.29) is 18.3 Å². The third kappa shape index (κ3) is 3.92. The molecule has 23 heavy (non-hydrogen) atoms. The Labute approximate surface area is 132 Å². The lowest BCUT2D eigenvalue weighted by atomic mass is 10.2. The van der Waals surface area contributed by atoms with Crippen molar-refractivity contribution in [2.75, 3.05) is 17.2 Å². The predicted octanol–water partition coefficient (Wildman–Crippen LogP) is 3.17. The van der Waals surface area contributed by atoms with Crippen LogP contribution in [0.15, 0.2) is 24.3 Å². The van der Waals surface area contributed by atoms with Crippen LogP contribution in [0.4, 0.5) is 26.2 Å². The van der Waals surface area contributed by atoms with E-state index in [2.05, 4.69) is 20.6 Å². The summed E-state index contributed by atoms with van der Waals surface area (Å²) in [7, 11) is 0. The zero-order valence-electron chi connectivity index (χ0n) is 12.7. The van der Waals surface area contributed by atoms with Gasteiger partial charge in [0.1, 0.15) is 17.5 Å². The van der Waals surface area contributed by atoms with Crippen molar-refractivity contribution in [1.29, 1.82) is 0 Å². The van der Waals surface area contributed by atoms with E-state index in [9.17, 15) is 8.78 Å². The number of benzene rings is 1. The van der Waals surface area contributed by atoms with Crippen molar-refractivity contribution in [2.45, 2.75) is 31.7 Å². The second-order valence-corrected chi connectivity index (χ2v) is 5.75. The maximum Gasteiger partial charge on any atom is 0.225 e. The SMILES string of the molecule is C[C@H](CO)Nc1nc(Nc2cc(F)ccc2F)cc(C2CC2)n1. The Morgan fingerprint density at radius 3 is 2.74 bits per heavy atom. The topological polar surface area (TPSA) is 70.1 Å². The highest BCUT2D eigenvalue weighted by molar-refractivity contribution is 5.58. The lowest BCUT2D eigenvalue weighted by Gasteiger charge is -2.14. The van der Waals surface area contributed by atoms with Gasteiger partial charge in [-0.1, -0.05) is 0 Å². The molecule has 0 bridgehead atoms. The quantitative estimate of drug-likeness (QED) is 0.763. The van der Waals surface area contributed by atoms with E-state index in [1.165, 1.54) is 0 Å². The molecule has 1 aromatic carbocycles. The molecule has 7 heteroatoms. The Hall–Kier alpha value is -2.28. The van der Waals surface area contributed by atoms with Crippen LogP contribution in [0.1, 0.15) is 31.4 Å². The minimum atomic E-state index is -0.559. The fraction of sp³-hybridized carbons (Fsp3) is 0.375. The van der Waals surface area contributed by atoms with Gasteiger partial charge in [0, 0.05) is 24.1 Å². The van der Waals surface area contributed by atoms with Crippen LogP contribution >= 0.6 is 0 Å². The van der Waals surface area contributed by atoms with Crippen molar-refractivity contribution < 1.29 is 13.9 Å². The Morgan fingerprint density at radius 2 is 2.04 bits per heavy atom. The molecule has 1 aliphatic carbocycles. The molecule has 0 radical (unpaired) electrons. The number of nitrogens with zero attached hydrogens (tertiary/aromatic N) is 2. The molecule has 122 valence electrons. The van der Waals surface area contributed by atoms with Crippen molar-refractivity contribution in [3.63, 3.8) is 0 Å². The predicted molar refractivity (Wildman–Crippen MR) is 83.8 cm³/mol. The molecule has 0 spiro atoms. The minimum absolute atomic E-state index is 0.0200. The molecular formula is C16H18F2N4O. The Balaban J connectivity index is 1.89. The number of hydrogen-bond donors (Lipinski definition) is 3. The Bertz CT molecular complexity index is 706. The molecule has 2 aromatic rings. The molecule has 1 fully saturated rings. The summed E-state index contributed by atoms with van der Waals surface area (Å²) >= 11 is 0. The van der Waals surface area contributed by atoms with Gasteiger partial charge in [0.05, 0.1) is 18.0 Å². The second-order valence-electron chi connectivity index (χ2n) is 5.75. The molecule has 1 heterocycles. The van der Waals surface area contributed by atoms with E-state index in [0.717, 1.165) is 36.7 Å². The minimum Gasteiger partial charge on any atom is -0.394 e. The number of rotatable bonds is 6. The van der Waals surface area contributed by atoms with Gasteiger partial charge in [-0.05, 0) is 31.9 Å². The maximum absolute atomic E-state index is 13.8. The summed E-state index contributed by atoms with van der Waals surface area (Å²) in [4.78, 5) is 8.69. The van der Waals surface area contributed by atoms with Crippen molar-refractivity contribution in [3.05, 3.63) is 41.6 Å². The second kappa shape index (κ2) is 6.45. The molecule has 5 nitrogen and oxygen atoms in total. The van der Waals surface area contributed by atoms with Gasteiger partial charge in [0.15, 0.2) is 0 Å². The molecule has 0 aliphatic heterocycles. The molecule has 0 amide bonds. The smallest absolute Gasteiger partial charge is 0.225 e. The van der Waals surface area contributed by atoms with Gasteiger partial charge in [0.25, 0.3) is 0 Å². The van der Waals surface area contributed by atoms with E-state index in [0.29, 0.717) is 17.7 Å². The fourth-order valence-corrected chi connectivity index (χ4v) is 2.18. The van der Waals surface area contributed by atoms with Crippen LogP contribution in [0.2, 0.25) is 0 Å². The van der Waals surface area contributed by atoms with E-state index in [4.69, 9.17) is 5.11 Å². The summed E-state index contributed by atoms with van der Waals surface area (Å²) in [6, 6.07) is 4.75. The molecule has 3 N–H and O–H groups in total. The summed E-state index contributed by atoms with van der Waals surface area (Å²) in [6.45, 7) is 1.74. The summed E-state index contributed by atoms with van der Waals surface area (Å²) < 4.78 is 27.1. The molecule has 1 atom stereocenters. The van der Waals surface area contributed by atoms with Gasteiger partial charge in [-0.25, -0.2) is 13.8 Å². The van der Waals surface area contributed by atoms with Crippen LogP contribution < -0.4 is 10.6 Å². The largest absolute Gasteiger partial charge is 0.394 e. The zero-order chi connectivity index (χ0) is 16.4. The highest BCUT2D eigenvalue weighted by Gasteiger charge is 2.26. The third-order valence-electron chi connectivity index (χ3n) is 3.58. The number of aromatic nitrogens is 2. The summed E-state index contributed by atoms with van der Waals surface area (Å²) in [5.74, 6) is 0.0315. The average Bonchev–Trinajstić information content (AvgIpc) is 3.35. The highest BCUT2D eigenvalue weighted by atomic mass is 19.1. The first-order valence-corrected chi connectivity index (χ1v) is 7.53. The van der Waals surface area contributed by atoms with Crippen molar-refractivity contribution in [2.24, 2.45) is 0 Å². The number of anilines is 3. The number of hydrogen-bond acceptors (Lipinski definition) is 5. The van der Waals surface area contributed by atoms with Crippen LogP contribution in [0, 0.1) is 11.6 Å². The molecule has 0 saturated heterocycles. The van der Waals surface area contributed by atoms with E-state index in [1.807, 2.05) is 0 Å². The van der Waals surface area contributed by atoms with Gasteiger partial charge in [-0.2, -0.15) is 4.98 Å². The van der Waals surface area contributed by atoms with Crippen molar-refractivity contribution in [1.82, 2.24) is 9.97 Å². The van der Waals surface area contributed by atoms with E-state index < -0.39 is 11.6 Å². The molecular weight excluding hydrogens is 302 g/mol. The summed E-state index contributed by atoms with van der Waals surface area (Å²) in [5, 5.41) is 14.9. The van der Waals surface area contributed by atoms with Crippen molar-refractivity contribution in [3.8, 4) is 0 Å². The Kier molecular flexibility index (Phi) is 4.38. The van der Waals surface area contributed by atoms with E-state index >= 15 is 0 Å². The highest BCUT2D eigenvalue weighted by Crippen LogP contribution is 2.40. The van der Waals surface area contributed by atoms with Gasteiger partial charge < -0.3 is 15.7 Å². The molecule has 3 rings (SSSR count). The first-order valence-electron chi connectivity index (χ1n) is 7.53. The number of nitrogens with one attached hydrogen (secondary N) is 2. The van der Waals surface area contributed by atoms with E-state index in [1.54, 1.807) is 13.0 Å². The van der Waals surface area contributed by atoms with Crippen LogP contribution in [0.5, 0.6) is 0 Å². The van der Waals surface area contributed by atoms with Crippen LogP contribution in [0.3, 0.4) is 0 Å². The lowest BCUT2D eigenvalue weighted by Crippen LogP contribution is -2.21. The molecule has 1 aromatic heterocycles. The monoisotopic (exact) mass is 320 g/mol. The fourth-order valence-electron chi connectivity index (χ4n) is 2.18. The summed E-state index contributed by atoms with van der Waals surface area (Å²) in [6.07, 6.45) is 2.11. The standard InChI is InChI=1S/C16H18F2N4O/c1-9(8-23)19-16-21-13(10-2-3-10)7-15(22-16)20-14-6-11(17)4-5-12(14)18/h4-7,9-10,23H,2-3,8H2,1H3,(H2,19,20,21,22)/t9-/m1/s1. The summed E-state index contributed by atoms with van der Waals surface area (Å²) in [5.41, 5.74) is 0.874. The number of halogens is 2. The molecule has 0 unspecified atom stereocenters. The van der Waals surface area contributed by atoms with Crippen molar-refractivity contribution >= 4 is 17.5 Å². The number of aliphatic hydroxyl groups is 1.